The van der Waals surface area contributed by atoms with Gasteiger partial charge in [-0.1, -0.05) is 0 Å². The Hall–Kier alpha value is -1.01. The second-order valence-electron chi connectivity index (χ2n) is 3.20. The van der Waals surface area contributed by atoms with Gasteiger partial charge in [-0.3, -0.25) is 4.79 Å². The lowest BCUT2D eigenvalue weighted by Crippen LogP contribution is -2.50. The molecule has 0 unspecified atom stereocenters. The first-order chi connectivity index (χ1) is 5.72. The summed E-state index contributed by atoms with van der Waals surface area (Å²) in [7, 11) is 0. The Morgan fingerprint density at radius 3 is 2.83 bits per heavy atom. The third-order valence-corrected chi connectivity index (χ3v) is 2.04. The fourth-order valence-electron chi connectivity index (χ4n) is 1.27. The molecule has 3 nitrogen and oxygen atoms in total. The third-order valence-electron chi connectivity index (χ3n) is 2.04. The summed E-state index contributed by atoms with van der Waals surface area (Å²) in [5.41, 5.74) is 5.56. The van der Waals surface area contributed by atoms with E-state index in [2.05, 4.69) is 11.2 Å². The summed E-state index contributed by atoms with van der Waals surface area (Å²) in [5.74, 6) is 2.48. The number of nitrogens with one attached hydrogen (secondary N) is 1. The molecule has 0 aromatic heterocycles. The molecule has 1 aliphatic rings. The Labute approximate surface area is 72.7 Å². The molecule has 12 heavy (non-hydrogen) atoms. The third kappa shape index (κ3) is 2.55. The molecule has 0 aromatic carbocycles. The Balaban J connectivity index is 2.07. The van der Waals surface area contributed by atoms with Crippen LogP contribution < -0.4 is 11.1 Å². The standard InChI is InChI=1S/C9H14N2O/c1-2-3-4-9(12)11-8-5-7(10)6-8/h1,7-8H,3-6,10H2,(H,11,12). The van der Waals surface area contributed by atoms with Crippen LogP contribution in [0.4, 0.5) is 0 Å². The van der Waals surface area contributed by atoms with Crippen molar-refractivity contribution in [3.05, 3.63) is 0 Å². The van der Waals surface area contributed by atoms with E-state index in [0.29, 0.717) is 18.9 Å². The number of nitrogens with two attached hydrogens (primary N) is 1. The van der Waals surface area contributed by atoms with Crippen molar-refractivity contribution in [1.29, 1.82) is 0 Å². The number of amides is 1. The van der Waals surface area contributed by atoms with E-state index in [1.807, 2.05) is 0 Å². The molecule has 0 aliphatic heterocycles. The summed E-state index contributed by atoms with van der Waals surface area (Å²) in [6, 6.07) is 0.577. The number of terminal acetylenes is 1. The van der Waals surface area contributed by atoms with Crippen molar-refractivity contribution >= 4 is 5.91 Å². The number of hydrogen-bond acceptors (Lipinski definition) is 2. The maximum atomic E-state index is 11.1. The maximum absolute atomic E-state index is 11.1. The van der Waals surface area contributed by atoms with Crippen molar-refractivity contribution < 1.29 is 4.79 Å². The molecule has 3 N–H and O–H groups in total. The van der Waals surface area contributed by atoms with Gasteiger partial charge < -0.3 is 11.1 Å². The molecule has 1 fully saturated rings. The quantitative estimate of drug-likeness (QED) is 0.580. The highest BCUT2D eigenvalue weighted by Crippen LogP contribution is 2.17. The van der Waals surface area contributed by atoms with E-state index in [-0.39, 0.29) is 11.9 Å². The van der Waals surface area contributed by atoms with Gasteiger partial charge in [0, 0.05) is 24.9 Å². The Kier molecular flexibility index (Phi) is 3.12. The van der Waals surface area contributed by atoms with Gasteiger partial charge in [0.15, 0.2) is 0 Å². The molecule has 1 amide bonds. The molecule has 0 heterocycles. The van der Waals surface area contributed by atoms with Crippen molar-refractivity contribution in [1.82, 2.24) is 5.32 Å². The molecule has 0 aromatic rings. The molecule has 0 bridgehead atoms. The molecule has 1 saturated carbocycles. The van der Waals surface area contributed by atoms with Crippen LogP contribution >= 0.6 is 0 Å². The first kappa shape index (κ1) is 9.08. The number of rotatable bonds is 3. The van der Waals surface area contributed by atoms with Crippen LogP contribution in [0.25, 0.3) is 0 Å². The maximum Gasteiger partial charge on any atom is 0.221 e. The monoisotopic (exact) mass is 166 g/mol. The van der Waals surface area contributed by atoms with E-state index in [4.69, 9.17) is 12.2 Å². The van der Waals surface area contributed by atoms with Gasteiger partial charge in [-0.15, -0.1) is 12.3 Å². The minimum absolute atomic E-state index is 0.0462. The number of carbonyl (C=O) groups excluding carboxylic acids is 1. The molecule has 66 valence electrons. The van der Waals surface area contributed by atoms with Gasteiger partial charge in [-0.05, 0) is 12.8 Å². The van der Waals surface area contributed by atoms with E-state index in [1.165, 1.54) is 0 Å². The van der Waals surface area contributed by atoms with Gasteiger partial charge in [0.25, 0.3) is 0 Å². The van der Waals surface area contributed by atoms with Crippen molar-refractivity contribution in [3.8, 4) is 12.3 Å². The Morgan fingerprint density at radius 1 is 1.67 bits per heavy atom. The van der Waals surface area contributed by atoms with Crippen LogP contribution in [0.15, 0.2) is 0 Å². The van der Waals surface area contributed by atoms with Gasteiger partial charge >= 0.3 is 0 Å². The van der Waals surface area contributed by atoms with Crippen LogP contribution in [-0.2, 0) is 4.79 Å². The molecule has 0 saturated heterocycles. The molecule has 3 heteroatoms. The highest BCUT2D eigenvalue weighted by atomic mass is 16.1. The number of hydrogen-bond donors (Lipinski definition) is 2. The average Bonchev–Trinajstić information content (AvgIpc) is 1.98. The van der Waals surface area contributed by atoms with Gasteiger partial charge in [0.05, 0.1) is 0 Å². The molecular formula is C9H14N2O. The summed E-state index contributed by atoms with van der Waals surface area (Å²) in [6.07, 6.45) is 7.79. The fourth-order valence-corrected chi connectivity index (χ4v) is 1.27. The summed E-state index contributed by atoms with van der Waals surface area (Å²) in [6.45, 7) is 0. The van der Waals surface area contributed by atoms with Crippen LogP contribution in [0, 0.1) is 12.3 Å². The summed E-state index contributed by atoms with van der Waals surface area (Å²) >= 11 is 0. The molecular weight excluding hydrogens is 152 g/mol. The van der Waals surface area contributed by atoms with Gasteiger partial charge in [-0.2, -0.15) is 0 Å². The minimum atomic E-state index is 0.0462. The van der Waals surface area contributed by atoms with Crippen molar-refractivity contribution in [2.45, 2.75) is 37.8 Å². The van der Waals surface area contributed by atoms with Crippen LogP contribution in [0.2, 0.25) is 0 Å². The zero-order valence-corrected chi connectivity index (χ0v) is 7.05. The SMILES string of the molecule is C#CCCC(=O)NC1CC(N)C1. The Morgan fingerprint density at radius 2 is 2.33 bits per heavy atom. The predicted octanol–water partition coefficient (Wildman–Crippen LogP) is 0.00570. The van der Waals surface area contributed by atoms with Crippen LogP contribution in [-0.4, -0.2) is 18.0 Å². The molecule has 1 rings (SSSR count). The van der Waals surface area contributed by atoms with E-state index in [0.717, 1.165) is 12.8 Å². The summed E-state index contributed by atoms with van der Waals surface area (Å²) in [5, 5.41) is 2.87. The first-order valence-corrected chi connectivity index (χ1v) is 4.20. The zero-order valence-electron chi connectivity index (χ0n) is 7.05. The molecule has 0 atom stereocenters. The van der Waals surface area contributed by atoms with Crippen LogP contribution in [0.3, 0.4) is 0 Å². The van der Waals surface area contributed by atoms with Crippen LogP contribution in [0.1, 0.15) is 25.7 Å². The largest absolute Gasteiger partial charge is 0.353 e. The second-order valence-corrected chi connectivity index (χ2v) is 3.20. The lowest BCUT2D eigenvalue weighted by Gasteiger charge is -2.32. The minimum Gasteiger partial charge on any atom is -0.353 e. The van der Waals surface area contributed by atoms with Crippen molar-refractivity contribution in [2.75, 3.05) is 0 Å². The van der Waals surface area contributed by atoms with E-state index in [1.54, 1.807) is 0 Å². The first-order valence-electron chi connectivity index (χ1n) is 4.20. The topological polar surface area (TPSA) is 55.1 Å². The van der Waals surface area contributed by atoms with Crippen molar-refractivity contribution in [3.63, 3.8) is 0 Å². The normalized spacial score (nSPS) is 27.0. The zero-order chi connectivity index (χ0) is 8.97. The van der Waals surface area contributed by atoms with E-state index >= 15 is 0 Å². The van der Waals surface area contributed by atoms with Gasteiger partial charge in [-0.25, -0.2) is 0 Å². The molecule has 0 spiro atoms. The van der Waals surface area contributed by atoms with Gasteiger partial charge in [0.2, 0.25) is 5.91 Å². The lowest BCUT2D eigenvalue weighted by atomic mass is 9.87. The fraction of sp³-hybridized carbons (Fsp3) is 0.667. The lowest BCUT2D eigenvalue weighted by molar-refractivity contribution is -0.122. The molecule has 1 aliphatic carbocycles. The van der Waals surface area contributed by atoms with Crippen LogP contribution in [0.5, 0.6) is 0 Å². The molecule has 0 radical (unpaired) electrons. The summed E-state index contributed by atoms with van der Waals surface area (Å²) in [4.78, 5) is 11.1. The van der Waals surface area contributed by atoms with E-state index in [9.17, 15) is 4.79 Å². The van der Waals surface area contributed by atoms with E-state index < -0.39 is 0 Å². The highest BCUT2D eigenvalue weighted by Gasteiger charge is 2.26. The smallest absolute Gasteiger partial charge is 0.221 e. The summed E-state index contributed by atoms with van der Waals surface area (Å²) < 4.78 is 0. The number of carbonyl (C=O) groups is 1. The second kappa shape index (κ2) is 4.13. The Bertz CT molecular complexity index is 201. The highest BCUT2D eigenvalue weighted by molar-refractivity contribution is 5.76. The van der Waals surface area contributed by atoms with Crippen molar-refractivity contribution in [2.24, 2.45) is 5.73 Å². The average molecular weight is 166 g/mol. The van der Waals surface area contributed by atoms with Gasteiger partial charge in [0.1, 0.15) is 0 Å². The predicted molar refractivity (Wildman–Crippen MR) is 47.2 cm³/mol.